The Kier molecular flexibility index (Phi) is 9.57. The monoisotopic (exact) mass is 498 g/mol. The van der Waals surface area contributed by atoms with Gasteiger partial charge in [-0.3, -0.25) is 9.78 Å². The zero-order valence-electron chi connectivity index (χ0n) is 21.8. The molecule has 0 spiro atoms. The highest BCUT2D eigenvalue weighted by molar-refractivity contribution is 8.04. The molecule has 1 saturated carbocycles. The predicted molar refractivity (Wildman–Crippen MR) is 149 cm³/mol. The fourth-order valence-electron chi connectivity index (χ4n) is 4.21. The molecule has 0 unspecified atom stereocenters. The highest BCUT2D eigenvalue weighted by Crippen LogP contribution is 2.41. The van der Waals surface area contributed by atoms with Crippen LogP contribution in [0.1, 0.15) is 84.0 Å². The van der Waals surface area contributed by atoms with E-state index in [1.165, 1.54) is 41.7 Å². The number of hydrogen-bond donors (Lipinski definition) is 1. The second-order valence-corrected chi connectivity index (χ2v) is 14.0. The number of carbonyl (C=O) groups excluding carboxylic acids is 1. The van der Waals surface area contributed by atoms with E-state index < -0.39 is 0 Å². The second kappa shape index (κ2) is 12.0. The average Bonchev–Trinajstić information content (AvgIpc) is 2.78. The van der Waals surface area contributed by atoms with Crippen LogP contribution in [0, 0.1) is 0 Å². The van der Waals surface area contributed by atoms with Crippen LogP contribution in [0.3, 0.4) is 0 Å². The predicted octanol–water partition coefficient (Wildman–Crippen LogP) is 7.17. The first-order valence-electron chi connectivity index (χ1n) is 12.6. The maximum Gasteiger partial charge on any atom is 0.230 e. The van der Waals surface area contributed by atoms with Gasteiger partial charge in [-0.1, -0.05) is 66.5 Å². The third kappa shape index (κ3) is 8.34. The smallest absolute Gasteiger partial charge is 0.230 e. The Balaban J connectivity index is 1.60. The molecule has 1 aromatic heterocycles. The summed E-state index contributed by atoms with van der Waals surface area (Å²) in [5.41, 5.74) is 4.10. The van der Waals surface area contributed by atoms with Crippen molar-refractivity contribution < 1.29 is 4.79 Å². The topological polar surface area (TPSA) is 42.0 Å². The van der Waals surface area contributed by atoms with Crippen molar-refractivity contribution in [2.24, 2.45) is 0 Å². The maximum atomic E-state index is 12.5. The molecular weight excluding hydrogens is 456 g/mol. The van der Waals surface area contributed by atoms with Crippen molar-refractivity contribution in [2.75, 3.05) is 12.3 Å². The molecule has 2 atom stereocenters. The molecule has 1 N–H and O–H groups in total. The molecule has 2 aromatic rings. The Labute approximate surface area is 215 Å². The Bertz CT molecular complexity index is 899. The van der Waals surface area contributed by atoms with E-state index in [2.05, 4.69) is 70.0 Å². The van der Waals surface area contributed by atoms with Crippen molar-refractivity contribution in [3.63, 3.8) is 0 Å². The number of carbonyl (C=O) groups is 1. The SMILES string of the molecule is CC(C)(C)c1cc(S[C@@H]2CCCC[C@H]2SCC(=O)NCCc2ccccn2)cc(C(C)(C)C)c1. The van der Waals surface area contributed by atoms with Crippen molar-refractivity contribution in [3.05, 3.63) is 59.4 Å². The van der Waals surface area contributed by atoms with Crippen molar-refractivity contribution in [1.82, 2.24) is 10.3 Å². The van der Waals surface area contributed by atoms with E-state index in [0.29, 0.717) is 22.8 Å². The molecule has 0 aliphatic heterocycles. The van der Waals surface area contributed by atoms with Gasteiger partial charge in [-0.15, -0.1) is 23.5 Å². The molecule has 3 nitrogen and oxygen atoms in total. The minimum Gasteiger partial charge on any atom is -0.355 e. The van der Waals surface area contributed by atoms with Gasteiger partial charge in [0, 0.05) is 40.3 Å². The van der Waals surface area contributed by atoms with Crippen LogP contribution in [0.5, 0.6) is 0 Å². The third-order valence-electron chi connectivity index (χ3n) is 6.43. The molecule has 5 heteroatoms. The van der Waals surface area contributed by atoms with E-state index in [0.717, 1.165) is 12.1 Å². The fourth-order valence-corrected chi connectivity index (χ4v) is 7.07. The molecule has 1 aromatic carbocycles. The number of hydrogen-bond acceptors (Lipinski definition) is 4. The summed E-state index contributed by atoms with van der Waals surface area (Å²) in [4.78, 5) is 18.2. The number of thioether (sulfide) groups is 2. The molecule has 1 fully saturated rings. The van der Waals surface area contributed by atoms with Gasteiger partial charge in [-0.2, -0.15) is 0 Å². The van der Waals surface area contributed by atoms with Gasteiger partial charge in [0.2, 0.25) is 5.91 Å². The standard InChI is InChI=1S/C29H42N2OS2/c1-28(2,3)21-17-22(29(4,5)6)19-24(18-21)34-26-13-8-7-12-25(26)33-20-27(32)31-16-14-23-11-9-10-15-30-23/h9-11,15,17-19,25-26H,7-8,12-14,16,20H2,1-6H3,(H,31,32)/t25-,26-/m1/s1. The number of nitrogens with zero attached hydrogens (tertiary/aromatic N) is 1. The lowest BCUT2D eigenvalue weighted by atomic mass is 9.81. The quantitative estimate of drug-likeness (QED) is 0.419. The summed E-state index contributed by atoms with van der Waals surface area (Å²) in [6, 6.07) is 13.1. The van der Waals surface area contributed by atoms with E-state index in [9.17, 15) is 4.79 Å². The molecule has 0 saturated heterocycles. The summed E-state index contributed by atoms with van der Waals surface area (Å²) in [6.45, 7) is 14.5. The number of nitrogens with one attached hydrogen (secondary N) is 1. The van der Waals surface area contributed by atoms with Gasteiger partial charge in [0.15, 0.2) is 0 Å². The number of amides is 1. The third-order valence-corrected chi connectivity index (χ3v) is 9.39. The molecule has 1 aliphatic rings. The van der Waals surface area contributed by atoms with Crippen LogP contribution in [0.25, 0.3) is 0 Å². The molecule has 1 heterocycles. The van der Waals surface area contributed by atoms with E-state index in [4.69, 9.17) is 0 Å². The maximum absolute atomic E-state index is 12.5. The first kappa shape index (κ1) is 27.1. The molecular formula is C29H42N2OS2. The lowest BCUT2D eigenvalue weighted by molar-refractivity contribution is -0.118. The summed E-state index contributed by atoms with van der Waals surface area (Å²) in [5, 5.41) is 4.16. The Hall–Kier alpha value is -1.46. The van der Waals surface area contributed by atoms with Gasteiger partial charge in [0.05, 0.1) is 5.75 Å². The number of aromatic nitrogens is 1. The Morgan fingerprint density at radius 2 is 1.62 bits per heavy atom. The van der Waals surface area contributed by atoms with Gasteiger partial charge >= 0.3 is 0 Å². The van der Waals surface area contributed by atoms with Crippen LogP contribution in [-0.2, 0) is 22.0 Å². The molecule has 34 heavy (non-hydrogen) atoms. The van der Waals surface area contributed by atoms with Crippen LogP contribution in [-0.4, -0.2) is 33.7 Å². The zero-order chi connectivity index (χ0) is 24.8. The summed E-state index contributed by atoms with van der Waals surface area (Å²) in [6.07, 6.45) is 7.57. The number of benzene rings is 1. The first-order valence-corrected chi connectivity index (χ1v) is 14.6. The zero-order valence-corrected chi connectivity index (χ0v) is 23.5. The average molecular weight is 499 g/mol. The van der Waals surface area contributed by atoms with Gasteiger partial charge in [-0.05, 0) is 59.1 Å². The highest BCUT2D eigenvalue weighted by Gasteiger charge is 2.28. The number of pyridine rings is 1. The minimum absolute atomic E-state index is 0.130. The molecule has 3 rings (SSSR count). The van der Waals surface area contributed by atoms with Crippen LogP contribution in [0.15, 0.2) is 47.5 Å². The summed E-state index contributed by atoms with van der Waals surface area (Å²) in [7, 11) is 0. The van der Waals surface area contributed by atoms with Crippen LogP contribution < -0.4 is 5.32 Å². The Morgan fingerprint density at radius 3 is 2.21 bits per heavy atom. The van der Waals surface area contributed by atoms with Crippen LogP contribution in [0.4, 0.5) is 0 Å². The van der Waals surface area contributed by atoms with E-state index in [1.807, 2.05) is 41.7 Å². The van der Waals surface area contributed by atoms with Crippen molar-refractivity contribution in [2.45, 2.75) is 99.9 Å². The van der Waals surface area contributed by atoms with E-state index in [-0.39, 0.29) is 16.7 Å². The van der Waals surface area contributed by atoms with Gasteiger partial charge in [0.25, 0.3) is 0 Å². The van der Waals surface area contributed by atoms with Gasteiger partial charge < -0.3 is 5.32 Å². The molecule has 186 valence electrons. The lowest BCUT2D eigenvalue weighted by Crippen LogP contribution is -2.31. The minimum atomic E-state index is 0.130. The van der Waals surface area contributed by atoms with Crippen LogP contribution in [0.2, 0.25) is 0 Å². The summed E-state index contributed by atoms with van der Waals surface area (Å²) in [5.74, 6) is 0.680. The summed E-state index contributed by atoms with van der Waals surface area (Å²) >= 11 is 3.89. The molecule has 1 aliphatic carbocycles. The largest absolute Gasteiger partial charge is 0.355 e. The highest BCUT2D eigenvalue weighted by atomic mass is 32.2. The fraction of sp³-hybridized carbons (Fsp3) is 0.586. The van der Waals surface area contributed by atoms with Gasteiger partial charge in [0.1, 0.15) is 0 Å². The van der Waals surface area contributed by atoms with E-state index in [1.54, 1.807) is 6.20 Å². The van der Waals surface area contributed by atoms with Gasteiger partial charge in [-0.25, -0.2) is 0 Å². The molecule has 1 amide bonds. The van der Waals surface area contributed by atoms with Crippen molar-refractivity contribution in [1.29, 1.82) is 0 Å². The first-order chi connectivity index (χ1) is 16.0. The van der Waals surface area contributed by atoms with E-state index >= 15 is 0 Å². The van der Waals surface area contributed by atoms with Crippen LogP contribution >= 0.6 is 23.5 Å². The Morgan fingerprint density at radius 1 is 0.971 bits per heavy atom. The normalized spacial score (nSPS) is 19.1. The second-order valence-electron chi connectivity index (χ2n) is 11.5. The summed E-state index contributed by atoms with van der Waals surface area (Å²) < 4.78 is 0. The number of rotatable bonds is 8. The van der Waals surface area contributed by atoms with Crippen molar-refractivity contribution in [3.8, 4) is 0 Å². The lowest BCUT2D eigenvalue weighted by Gasteiger charge is -2.32. The van der Waals surface area contributed by atoms with Crippen molar-refractivity contribution >= 4 is 29.4 Å². The molecule has 0 radical (unpaired) electrons. The molecule has 0 bridgehead atoms.